The number of carbonyl (C=O) groups excluding carboxylic acids is 1. The minimum Gasteiger partial charge on any atom is -0.366 e. The lowest BCUT2D eigenvalue weighted by atomic mass is 10.1. The lowest BCUT2D eigenvalue weighted by Gasteiger charge is -2.02. The zero-order valence-corrected chi connectivity index (χ0v) is 12.5. The Labute approximate surface area is 136 Å². The molecule has 6 heteroatoms. The molecule has 0 spiro atoms. The second kappa shape index (κ2) is 5.34. The number of amides is 1. The molecule has 5 nitrogen and oxygen atoms in total. The van der Waals surface area contributed by atoms with Gasteiger partial charge >= 0.3 is 0 Å². The quantitative estimate of drug-likeness (QED) is 0.540. The van der Waals surface area contributed by atoms with E-state index in [2.05, 4.69) is 15.0 Å². The smallest absolute Gasteiger partial charge is 0.250 e. The van der Waals surface area contributed by atoms with Gasteiger partial charge in [0.15, 0.2) is 0 Å². The van der Waals surface area contributed by atoms with Gasteiger partial charge in [0.1, 0.15) is 11.5 Å². The second-order valence-electron chi connectivity index (χ2n) is 5.44. The molecule has 4 aromatic rings. The van der Waals surface area contributed by atoms with Gasteiger partial charge in [-0.25, -0.2) is 9.37 Å². The van der Waals surface area contributed by atoms with Crippen LogP contribution in [0.3, 0.4) is 0 Å². The number of primary amides is 1. The Balaban J connectivity index is 1.94. The molecule has 3 heterocycles. The van der Waals surface area contributed by atoms with Crippen molar-refractivity contribution < 1.29 is 9.18 Å². The van der Waals surface area contributed by atoms with E-state index in [1.807, 2.05) is 12.1 Å². The molecule has 0 aliphatic rings. The number of hydrogen-bond donors (Lipinski definition) is 3. The normalized spacial score (nSPS) is 11.0. The maximum absolute atomic E-state index is 13.5. The van der Waals surface area contributed by atoms with Crippen molar-refractivity contribution in [3.63, 3.8) is 0 Å². The van der Waals surface area contributed by atoms with Gasteiger partial charge in [0.25, 0.3) is 5.91 Å². The zero-order valence-electron chi connectivity index (χ0n) is 12.5. The Kier molecular flexibility index (Phi) is 3.16. The van der Waals surface area contributed by atoms with Gasteiger partial charge in [0.2, 0.25) is 0 Å². The average molecular weight is 320 g/mol. The van der Waals surface area contributed by atoms with Crippen molar-refractivity contribution in [3.8, 4) is 22.5 Å². The third-order valence-corrected chi connectivity index (χ3v) is 3.95. The Hall–Kier alpha value is -3.41. The summed E-state index contributed by atoms with van der Waals surface area (Å²) < 4.78 is 13.5. The van der Waals surface area contributed by atoms with E-state index in [-0.39, 0.29) is 5.82 Å². The predicted molar refractivity (Wildman–Crippen MR) is 89.8 cm³/mol. The lowest BCUT2D eigenvalue weighted by Crippen LogP contribution is -2.11. The van der Waals surface area contributed by atoms with Crippen LogP contribution in [0.25, 0.3) is 33.5 Å². The number of nitrogens with zero attached hydrogens (tertiary/aromatic N) is 1. The minimum atomic E-state index is -0.573. The molecule has 1 aromatic carbocycles. The van der Waals surface area contributed by atoms with Crippen LogP contribution in [-0.4, -0.2) is 20.9 Å². The molecule has 0 unspecified atom stereocenters. The van der Waals surface area contributed by atoms with Gasteiger partial charge in [0.05, 0.1) is 11.3 Å². The van der Waals surface area contributed by atoms with Gasteiger partial charge in [0, 0.05) is 34.6 Å². The van der Waals surface area contributed by atoms with Gasteiger partial charge in [-0.1, -0.05) is 12.1 Å². The number of carbonyl (C=O) groups is 1. The molecule has 3 aromatic heterocycles. The molecule has 0 atom stereocenters. The highest BCUT2D eigenvalue weighted by Gasteiger charge is 2.17. The van der Waals surface area contributed by atoms with E-state index >= 15 is 0 Å². The highest BCUT2D eigenvalue weighted by atomic mass is 19.1. The first-order valence-corrected chi connectivity index (χ1v) is 7.34. The standard InChI is InChI=1S/C18H13FN4O/c19-11-3-1-2-10(8-11)16-14(17(20)24)9-15(23-16)12-4-6-21-18-13(12)5-7-22-18/h1-9,23H,(H2,20,24)(H,21,22). The van der Waals surface area contributed by atoms with Crippen molar-refractivity contribution in [1.29, 1.82) is 0 Å². The first-order valence-electron chi connectivity index (χ1n) is 7.34. The summed E-state index contributed by atoms with van der Waals surface area (Å²) in [6, 6.07) is 11.5. The number of hydrogen-bond acceptors (Lipinski definition) is 2. The fourth-order valence-corrected chi connectivity index (χ4v) is 2.86. The minimum absolute atomic E-state index is 0.316. The van der Waals surface area contributed by atoms with Crippen molar-refractivity contribution in [2.24, 2.45) is 5.73 Å². The highest BCUT2D eigenvalue weighted by molar-refractivity contribution is 6.02. The van der Waals surface area contributed by atoms with E-state index in [0.29, 0.717) is 16.8 Å². The lowest BCUT2D eigenvalue weighted by molar-refractivity contribution is 0.100. The van der Waals surface area contributed by atoms with Crippen LogP contribution in [0.1, 0.15) is 10.4 Å². The Bertz CT molecular complexity index is 1060. The summed E-state index contributed by atoms with van der Waals surface area (Å²) in [5.41, 5.74) is 9.22. The monoisotopic (exact) mass is 320 g/mol. The van der Waals surface area contributed by atoms with Crippen LogP contribution in [0.5, 0.6) is 0 Å². The molecule has 0 aliphatic carbocycles. The van der Waals surface area contributed by atoms with Gasteiger partial charge in [-0.15, -0.1) is 0 Å². The number of fused-ring (bicyclic) bond motifs is 1. The summed E-state index contributed by atoms with van der Waals surface area (Å²) in [6.07, 6.45) is 3.48. The van der Waals surface area contributed by atoms with E-state index in [0.717, 1.165) is 22.3 Å². The predicted octanol–water partition coefficient (Wildman–Crippen LogP) is 3.46. The highest BCUT2D eigenvalue weighted by Crippen LogP contribution is 2.32. The molecule has 0 saturated carbocycles. The molecule has 4 N–H and O–H groups in total. The Morgan fingerprint density at radius 2 is 2.04 bits per heavy atom. The average Bonchev–Trinajstić information content (AvgIpc) is 3.21. The molecule has 4 rings (SSSR count). The summed E-state index contributed by atoms with van der Waals surface area (Å²) in [5, 5.41) is 0.917. The van der Waals surface area contributed by atoms with Crippen LogP contribution in [-0.2, 0) is 0 Å². The van der Waals surface area contributed by atoms with Crippen LogP contribution < -0.4 is 5.73 Å². The van der Waals surface area contributed by atoms with Crippen molar-refractivity contribution in [3.05, 3.63) is 66.2 Å². The SMILES string of the molecule is NC(=O)c1cc(-c2ccnc3[nH]ccc23)[nH]c1-c1cccc(F)c1. The Morgan fingerprint density at radius 1 is 1.17 bits per heavy atom. The van der Waals surface area contributed by atoms with Crippen LogP contribution in [0.15, 0.2) is 54.9 Å². The first-order chi connectivity index (χ1) is 11.6. The molecule has 24 heavy (non-hydrogen) atoms. The maximum atomic E-state index is 13.5. The van der Waals surface area contributed by atoms with Gasteiger partial charge in [-0.3, -0.25) is 4.79 Å². The molecular formula is C18H13FN4O. The molecule has 0 fully saturated rings. The largest absolute Gasteiger partial charge is 0.366 e. The van der Waals surface area contributed by atoms with E-state index < -0.39 is 5.91 Å². The van der Waals surface area contributed by atoms with E-state index in [9.17, 15) is 9.18 Å². The maximum Gasteiger partial charge on any atom is 0.250 e. The number of aromatic nitrogens is 3. The van der Waals surface area contributed by atoms with Gasteiger partial charge in [-0.05, 0) is 30.3 Å². The first kappa shape index (κ1) is 14.2. The fourth-order valence-electron chi connectivity index (χ4n) is 2.86. The number of rotatable bonds is 3. The summed E-state index contributed by atoms with van der Waals surface area (Å²) in [7, 11) is 0. The molecule has 0 bridgehead atoms. The number of pyridine rings is 1. The van der Waals surface area contributed by atoms with Crippen LogP contribution >= 0.6 is 0 Å². The number of aromatic amines is 2. The number of H-pyrrole nitrogens is 2. The third-order valence-electron chi connectivity index (χ3n) is 3.95. The summed E-state index contributed by atoms with van der Waals surface area (Å²) in [4.78, 5) is 22.3. The number of benzene rings is 1. The van der Waals surface area contributed by atoms with Crippen molar-refractivity contribution in [1.82, 2.24) is 15.0 Å². The van der Waals surface area contributed by atoms with Gasteiger partial charge < -0.3 is 15.7 Å². The number of nitrogens with two attached hydrogens (primary N) is 1. The molecule has 118 valence electrons. The van der Waals surface area contributed by atoms with Gasteiger partial charge in [-0.2, -0.15) is 0 Å². The van der Waals surface area contributed by atoms with Crippen molar-refractivity contribution >= 4 is 16.9 Å². The third kappa shape index (κ3) is 2.25. The molecule has 0 radical (unpaired) electrons. The second-order valence-corrected chi connectivity index (χ2v) is 5.44. The van der Waals surface area contributed by atoms with Crippen LogP contribution in [0, 0.1) is 5.82 Å². The van der Waals surface area contributed by atoms with Crippen molar-refractivity contribution in [2.45, 2.75) is 0 Å². The zero-order chi connectivity index (χ0) is 16.7. The fraction of sp³-hybridized carbons (Fsp3) is 0. The van der Waals surface area contributed by atoms with Crippen LogP contribution in [0.2, 0.25) is 0 Å². The van der Waals surface area contributed by atoms with Crippen molar-refractivity contribution in [2.75, 3.05) is 0 Å². The summed E-state index contributed by atoms with van der Waals surface area (Å²) in [5.74, 6) is -0.952. The molecule has 1 amide bonds. The number of halogens is 1. The summed E-state index contributed by atoms with van der Waals surface area (Å²) in [6.45, 7) is 0. The Morgan fingerprint density at radius 3 is 2.83 bits per heavy atom. The molecule has 0 saturated heterocycles. The van der Waals surface area contributed by atoms with E-state index in [4.69, 9.17) is 5.73 Å². The van der Waals surface area contributed by atoms with Crippen LogP contribution in [0.4, 0.5) is 4.39 Å². The molecular weight excluding hydrogens is 307 g/mol. The topological polar surface area (TPSA) is 87.6 Å². The summed E-state index contributed by atoms with van der Waals surface area (Å²) >= 11 is 0. The van der Waals surface area contributed by atoms with E-state index in [1.54, 1.807) is 30.6 Å². The molecule has 0 aliphatic heterocycles. The van der Waals surface area contributed by atoms with E-state index in [1.165, 1.54) is 12.1 Å². The number of nitrogens with one attached hydrogen (secondary N) is 2.